The zero-order chi connectivity index (χ0) is 14.9. The Labute approximate surface area is 126 Å². The molecule has 0 saturated carbocycles. The molecule has 9 nitrogen and oxygen atoms in total. The number of rotatable bonds is 9. The molecule has 0 aliphatic rings. The number of methoxy groups -OCH3 is 1. The molecular formula is C11H16ClN7O2. The fourth-order valence-electron chi connectivity index (χ4n) is 1.45. The highest BCUT2D eigenvalue weighted by Crippen LogP contribution is 2.08. The average Bonchev–Trinajstić information content (AvgIpc) is 3.00. The molecule has 0 unspecified atom stereocenters. The number of halogens is 1. The second-order valence-corrected chi connectivity index (χ2v) is 4.29. The van der Waals surface area contributed by atoms with Gasteiger partial charge in [-0.3, -0.25) is 0 Å². The second kappa shape index (κ2) is 8.45. The van der Waals surface area contributed by atoms with E-state index in [0.29, 0.717) is 38.3 Å². The van der Waals surface area contributed by atoms with E-state index in [1.807, 2.05) is 0 Å². The van der Waals surface area contributed by atoms with Gasteiger partial charge in [-0.05, 0) is 18.0 Å². The summed E-state index contributed by atoms with van der Waals surface area (Å²) in [6.45, 7) is 2.47. The Morgan fingerprint density at radius 3 is 2.90 bits per heavy atom. The molecule has 0 radical (unpaired) electrons. The van der Waals surface area contributed by atoms with Crippen LogP contribution in [0.3, 0.4) is 0 Å². The van der Waals surface area contributed by atoms with Crippen LogP contribution in [0, 0.1) is 0 Å². The molecule has 0 aliphatic carbocycles. The monoisotopic (exact) mass is 313 g/mol. The van der Waals surface area contributed by atoms with Crippen molar-refractivity contribution >= 4 is 17.5 Å². The van der Waals surface area contributed by atoms with Crippen LogP contribution in [-0.4, -0.2) is 63.2 Å². The molecule has 0 aliphatic heterocycles. The van der Waals surface area contributed by atoms with Crippen molar-refractivity contribution in [3.63, 3.8) is 0 Å². The number of anilines is 1. The predicted octanol–water partition coefficient (Wildman–Crippen LogP) is 0.571. The van der Waals surface area contributed by atoms with E-state index < -0.39 is 0 Å². The van der Waals surface area contributed by atoms with Gasteiger partial charge in [-0.15, -0.1) is 0 Å². The lowest BCUT2D eigenvalue weighted by Gasteiger charge is -2.07. The lowest BCUT2D eigenvalue weighted by Crippen LogP contribution is -2.12. The molecule has 2 aromatic heterocycles. The van der Waals surface area contributed by atoms with Crippen LogP contribution in [-0.2, 0) is 9.47 Å². The largest absolute Gasteiger partial charge is 0.382 e. The molecule has 21 heavy (non-hydrogen) atoms. The minimum Gasteiger partial charge on any atom is -0.382 e. The van der Waals surface area contributed by atoms with E-state index in [2.05, 4.69) is 30.4 Å². The maximum Gasteiger partial charge on any atom is 0.258 e. The lowest BCUT2D eigenvalue weighted by atomic mass is 10.4. The van der Waals surface area contributed by atoms with Crippen LogP contribution in [0.5, 0.6) is 0 Å². The van der Waals surface area contributed by atoms with E-state index >= 15 is 0 Å². The highest BCUT2D eigenvalue weighted by atomic mass is 35.5. The number of nitrogens with one attached hydrogen (secondary N) is 1. The Bertz CT molecular complexity index is 537. The first-order valence-corrected chi connectivity index (χ1v) is 6.74. The number of hydrogen-bond donors (Lipinski definition) is 1. The fourth-order valence-corrected chi connectivity index (χ4v) is 1.61. The van der Waals surface area contributed by atoms with Gasteiger partial charge < -0.3 is 14.8 Å². The van der Waals surface area contributed by atoms with Gasteiger partial charge in [0.25, 0.3) is 5.95 Å². The molecule has 2 aromatic rings. The van der Waals surface area contributed by atoms with Crippen LogP contribution in [0.15, 0.2) is 12.7 Å². The average molecular weight is 314 g/mol. The Morgan fingerprint density at radius 2 is 2.14 bits per heavy atom. The summed E-state index contributed by atoms with van der Waals surface area (Å²) < 4.78 is 11.6. The Hall–Kier alpha value is -1.84. The first-order valence-electron chi connectivity index (χ1n) is 6.36. The lowest BCUT2D eigenvalue weighted by molar-refractivity contribution is 0.0705. The molecular weight excluding hydrogens is 298 g/mol. The first-order chi connectivity index (χ1) is 10.3. The van der Waals surface area contributed by atoms with Gasteiger partial charge in [0.05, 0.1) is 13.2 Å². The van der Waals surface area contributed by atoms with Crippen LogP contribution in [0.1, 0.15) is 6.42 Å². The first kappa shape index (κ1) is 15.5. The molecule has 0 bridgehead atoms. The van der Waals surface area contributed by atoms with Gasteiger partial charge in [-0.2, -0.15) is 24.7 Å². The van der Waals surface area contributed by atoms with Crippen molar-refractivity contribution in [3.05, 3.63) is 17.9 Å². The minimum absolute atomic E-state index is 0.0920. The molecule has 0 spiro atoms. The minimum atomic E-state index is 0.0920. The summed E-state index contributed by atoms with van der Waals surface area (Å²) in [6.07, 6.45) is 3.69. The molecule has 0 aromatic carbocycles. The van der Waals surface area contributed by atoms with Gasteiger partial charge in [0.2, 0.25) is 11.2 Å². The molecule has 0 amide bonds. The van der Waals surface area contributed by atoms with Gasteiger partial charge in [-0.25, -0.2) is 4.98 Å². The SMILES string of the molecule is COCCOCCCNc1nc(Cl)nc(-n2cncn2)n1. The van der Waals surface area contributed by atoms with Gasteiger partial charge in [0, 0.05) is 20.3 Å². The van der Waals surface area contributed by atoms with Gasteiger partial charge in [0.1, 0.15) is 12.7 Å². The Kier molecular flexibility index (Phi) is 6.25. The van der Waals surface area contributed by atoms with Crippen LogP contribution >= 0.6 is 11.6 Å². The van der Waals surface area contributed by atoms with Gasteiger partial charge in [-0.1, -0.05) is 0 Å². The van der Waals surface area contributed by atoms with E-state index in [1.54, 1.807) is 7.11 Å². The molecule has 10 heteroatoms. The molecule has 1 N–H and O–H groups in total. The van der Waals surface area contributed by atoms with Crippen molar-refractivity contribution in [3.8, 4) is 5.95 Å². The normalized spacial score (nSPS) is 10.8. The summed E-state index contributed by atoms with van der Waals surface area (Å²) in [4.78, 5) is 16.0. The van der Waals surface area contributed by atoms with Gasteiger partial charge in [0.15, 0.2) is 0 Å². The van der Waals surface area contributed by atoms with Crippen molar-refractivity contribution in [2.75, 3.05) is 38.8 Å². The number of aromatic nitrogens is 6. The topological polar surface area (TPSA) is 99.9 Å². The van der Waals surface area contributed by atoms with Crippen molar-refractivity contribution in [2.45, 2.75) is 6.42 Å². The summed E-state index contributed by atoms with van der Waals surface area (Å²) >= 11 is 5.86. The Morgan fingerprint density at radius 1 is 1.24 bits per heavy atom. The quantitative estimate of drug-likeness (QED) is 0.671. The van der Waals surface area contributed by atoms with Crippen molar-refractivity contribution < 1.29 is 9.47 Å². The smallest absolute Gasteiger partial charge is 0.258 e. The summed E-state index contributed by atoms with van der Waals surface area (Å²) in [5.74, 6) is 0.698. The van der Waals surface area contributed by atoms with Crippen LogP contribution < -0.4 is 5.32 Å². The van der Waals surface area contributed by atoms with E-state index in [4.69, 9.17) is 21.1 Å². The van der Waals surface area contributed by atoms with E-state index in [-0.39, 0.29) is 5.28 Å². The summed E-state index contributed by atoms with van der Waals surface area (Å²) in [5.41, 5.74) is 0. The maximum atomic E-state index is 5.86. The van der Waals surface area contributed by atoms with E-state index in [9.17, 15) is 0 Å². The molecule has 114 valence electrons. The number of ether oxygens (including phenoxy) is 2. The highest BCUT2D eigenvalue weighted by molar-refractivity contribution is 6.28. The standard InChI is InChI=1S/C11H16ClN7O2/c1-20-5-6-21-4-2-3-14-10-16-9(12)17-11(18-10)19-8-13-7-15-19/h7-8H,2-6H2,1H3,(H,14,16,17,18). The molecule has 0 atom stereocenters. The molecule has 0 saturated heterocycles. The summed E-state index contributed by atoms with van der Waals surface area (Å²) in [6, 6.07) is 0. The molecule has 0 fully saturated rings. The molecule has 2 heterocycles. The summed E-state index contributed by atoms with van der Waals surface area (Å²) in [7, 11) is 1.64. The third-order valence-corrected chi connectivity index (χ3v) is 2.57. The highest BCUT2D eigenvalue weighted by Gasteiger charge is 2.06. The maximum absolute atomic E-state index is 5.86. The van der Waals surface area contributed by atoms with Crippen LogP contribution in [0.25, 0.3) is 5.95 Å². The number of hydrogen-bond acceptors (Lipinski definition) is 8. The van der Waals surface area contributed by atoms with E-state index in [0.717, 1.165) is 6.42 Å². The fraction of sp³-hybridized carbons (Fsp3) is 0.545. The summed E-state index contributed by atoms with van der Waals surface area (Å²) in [5, 5.41) is 7.09. The van der Waals surface area contributed by atoms with Crippen LogP contribution in [0.2, 0.25) is 5.28 Å². The molecule has 2 rings (SSSR count). The van der Waals surface area contributed by atoms with E-state index in [1.165, 1.54) is 17.3 Å². The van der Waals surface area contributed by atoms with Crippen LogP contribution in [0.4, 0.5) is 5.95 Å². The van der Waals surface area contributed by atoms with Crippen molar-refractivity contribution in [1.82, 2.24) is 29.7 Å². The Balaban J connectivity index is 1.81. The second-order valence-electron chi connectivity index (χ2n) is 3.95. The van der Waals surface area contributed by atoms with Crippen molar-refractivity contribution in [2.24, 2.45) is 0 Å². The van der Waals surface area contributed by atoms with Gasteiger partial charge >= 0.3 is 0 Å². The zero-order valence-electron chi connectivity index (χ0n) is 11.6. The zero-order valence-corrected chi connectivity index (χ0v) is 12.3. The van der Waals surface area contributed by atoms with Crippen molar-refractivity contribution in [1.29, 1.82) is 0 Å². The third kappa shape index (κ3) is 5.21. The number of nitrogens with zero attached hydrogens (tertiary/aromatic N) is 6. The third-order valence-electron chi connectivity index (χ3n) is 2.40. The predicted molar refractivity (Wildman–Crippen MR) is 75.6 cm³/mol.